The Hall–Kier alpha value is -0.610. The first kappa shape index (κ1) is 12.4. The van der Waals surface area contributed by atoms with E-state index in [9.17, 15) is 4.39 Å². The summed E-state index contributed by atoms with van der Waals surface area (Å²) in [5, 5.41) is 3.38. The van der Waals surface area contributed by atoms with Crippen molar-refractivity contribution >= 4 is 15.9 Å². The van der Waals surface area contributed by atoms with Gasteiger partial charge < -0.3 is 10.1 Å². The van der Waals surface area contributed by atoms with E-state index in [-0.39, 0.29) is 5.82 Å². The van der Waals surface area contributed by atoms with Crippen LogP contribution in [0.2, 0.25) is 0 Å². The largest absolute Gasteiger partial charge is 0.489 e. The van der Waals surface area contributed by atoms with Crippen molar-refractivity contribution in [2.45, 2.75) is 37.7 Å². The SMILES string of the molecule is Fc1cc(Br)c(OC2CC2)c(C2CCCNC2)c1. The van der Waals surface area contributed by atoms with Crippen molar-refractivity contribution in [2.24, 2.45) is 0 Å². The third-order valence-electron chi connectivity index (χ3n) is 3.58. The molecule has 1 aliphatic heterocycles. The molecule has 1 aromatic rings. The number of piperidine rings is 1. The molecule has 0 bridgehead atoms. The van der Waals surface area contributed by atoms with E-state index in [1.54, 1.807) is 6.07 Å². The second-order valence-corrected chi connectivity index (χ2v) is 6.02. The maximum Gasteiger partial charge on any atom is 0.137 e. The van der Waals surface area contributed by atoms with Crippen molar-refractivity contribution in [1.29, 1.82) is 0 Å². The Balaban J connectivity index is 1.92. The number of halogens is 2. The Labute approximate surface area is 115 Å². The van der Waals surface area contributed by atoms with E-state index in [0.717, 1.165) is 54.6 Å². The summed E-state index contributed by atoms with van der Waals surface area (Å²) in [6.45, 7) is 1.97. The van der Waals surface area contributed by atoms with E-state index < -0.39 is 0 Å². The number of hydrogen-bond donors (Lipinski definition) is 1. The van der Waals surface area contributed by atoms with Gasteiger partial charge in [0.15, 0.2) is 0 Å². The second kappa shape index (κ2) is 5.17. The van der Waals surface area contributed by atoms with Crippen molar-refractivity contribution in [3.63, 3.8) is 0 Å². The molecule has 3 rings (SSSR count). The monoisotopic (exact) mass is 313 g/mol. The standard InChI is InChI=1S/C14H17BrFNO/c15-13-7-10(16)6-12(9-2-1-5-17-8-9)14(13)18-11-3-4-11/h6-7,9,11,17H,1-5,8H2. The molecule has 4 heteroatoms. The molecule has 0 spiro atoms. The van der Waals surface area contributed by atoms with Crippen LogP contribution in [0.15, 0.2) is 16.6 Å². The molecular formula is C14H17BrFNO. The van der Waals surface area contributed by atoms with E-state index in [1.165, 1.54) is 6.07 Å². The number of rotatable bonds is 3. The third kappa shape index (κ3) is 2.69. The molecule has 1 aliphatic carbocycles. The average molecular weight is 314 g/mol. The molecule has 2 fully saturated rings. The van der Waals surface area contributed by atoms with Crippen LogP contribution < -0.4 is 10.1 Å². The fraction of sp³-hybridized carbons (Fsp3) is 0.571. The number of hydrogen-bond acceptors (Lipinski definition) is 2. The van der Waals surface area contributed by atoms with Crippen LogP contribution in [0.1, 0.15) is 37.2 Å². The highest BCUT2D eigenvalue weighted by molar-refractivity contribution is 9.10. The summed E-state index contributed by atoms with van der Waals surface area (Å²) in [7, 11) is 0. The highest BCUT2D eigenvalue weighted by Crippen LogP contribution is 2.40. The highest BCUT2D eigenvalue weighted by Gasteiger charge is 2.28. The van der Waals surface area contributed by atoms with Crippen LogP contribution >= 0.6 is 15.9 Å². The Morgan fingerprint density at radius 1 is 1.28 bits per heavy atom. The first-order chi connectivity index (χ1) is 8.74. The lowest BCUT2D eigenvalue weighted by Crippen LogP contribution is -2.28. The van der Waals surface area contributed by atoms with Gasteiger partial charge in [0, 0.05) is 18.0 Å². The van der Waals surface area contributed by atoms with Gasteiger partial charge in [-0.2, -0.15) is 0 Å². The number of ether oxygens (including phenoxy) is 1. The minimum absolute atomic E-state index is 0.189. The molecule has 1 saturated heterocycles. The van der Waals surface area contributed by atoms with Crippen LogP contribution in [0.5, 0.6) is 5.75 Å². The summed E-state index contributed by atoms with van der Waals surface area (Å²) in [6, 6.07) is 3.14. The van der Waals surface area contributed by atoms with Gasteiger partial charge in [-0.3, -0.25) is 0 Å². The van der Waals surface area contributed by atoms with Crippen LogP contribution in [-0.2, 0) is 0 Å². The summed E-state index contributed by atoms with van der Waals surface area (Å²) in [6.07, 6.45) is 4.81. The van der Waals surface area contributed by atoms with Gasteiger partial charge in [0.25, 0.3) is 0 Å². The lowest BCUT2D eigenvalue weighted by Gasteiger charge is -2.25. The minimum Gasteiger partial charge on any atom is -0.489 e. The van der Waals surface area contributed by atoms with Crippen LogP contribution in [0, 0.1) is 5.82 Å². The van der Waals surface area contributed by atoms with Gasteiger partial charge in [-0.15, -0.1) is 0 Å². The quantitative estimate of drug-likeness (QED) is 0.920. The lowest BCUT2D eigenvalue weighted by atomic mass is 9.91. The molecule has 0 radical (unpaired) electrons. The molecule has 1 N–H and O–H groups in total. The van der Waals surface area contributed by atoms with E-state index in [1.807, 2.05) is 0 Å². The van der Waals surface area contributed by atoms with Crippen LogP contribution in [0.4, 0.5) is 4.39 Å². The zero-order valence-electron chi connectivity index (χ0n) is 10.2. The fourth-order valence-corrected chi connectivity index (χ4v) is 3.02. The summed E-state index contributed by atoms with van der Waals surface area (Å²) >= 11 is 3.44. The van der Waals surface area contributed by atoms with Gasteiger partial charge in [-0.05, 0) is 60.3 Å². The van der Waals surface area contributed by atoms with E-state index in [2.05, 4.69) is 21.2 Å². The minimum atomic E-state index is -0.189. The third-order valence-corrected chi connectivity index (χ3v) is 4.17. The molecular weight excluding hydrogens is 297 g/mol. The Kier molecular flexibility index (Phi) is 3.57. The molecule has 1 saturated carbocycles. The van der Waals surface area contributed by atoms with Crippen molar-refractivity contribution < 1.29 is 9.13 Å². The zero-order chi connectivity index (χ0) is 12.5. The van der Waals surface area contributed by atoms with Crippen LogP contribution in [0.25, 0.3) is 0 Å². The molecule has 98 valence electrons. The van der Waals surface area contributed by atoms with Gasteiger partial charge in [0.1, 0.15) is 11.6 Å². The van der Waals surface area contributed by atoms with Gasteiger partial charge >= 0.3 is 0 Å². The van der Waals surface area contributed by atoms with Crippen molar-refractivity contribution in [3.05, 3.63) is 28.0 Å². The topological polar surface area (TPSA) is 21.3 Å². The molecule has 1 heterocycles. The Morgan fingerprint density at radius 3 is 2.78 bits per heavy atom. The number of nitrogens with one attached hydrogen (secondary N) is 1. The molecule has 2 aliphatic rings. The van der Waals surface area contributed by atoms with Crippen molar-refractivity contribution in [2.75, 3.05) is 13.1 Å². The molecule has 18 heavy (non-hydrogen) atoms. The smallest absolute Gasteiger partial charge is 0.137 e. The Bertz CT molecular complexity index is 442. The first-order valence-corrected chi connectivity index (χ1v) is 7.39. The van der Waals surface area contributed by atoms with Crippen LogP contribution in [-0.4, -0.2) is 19.2 Å². The fourth-order valence-electron chi connectivity index (χ4n) is 2.48. The predicted octanol–water partition coefficient (Wildman–Crippen LogP) is 3.60. The van der Waals surface area contributed by atoms with Crippen molar-refractivity contribution in [1.82, 2.24) is 5.32 Å². The molecule has 1 atom stereocenters. The average Bonchev–Trinajstić information content (AvgIpc) is 3.17. The summed E-state index contributed by atoms with van der Waals surface area (Å²) in [5.74, 6) is 1.03. The second-order valence-electron chi connectivity index (χ2n) is 5.17. The summed E-state index contributed by atoms with van der Waals surface area (Å²) in [5.41, 5.74) is 1.01. The molecule has 1 aromatic carbocycles. The summed E-state index contributed by atoms with van der Waals surface area (Å²) in [4.78, 5) is 0. The van der Waals surface area contributed by atoms with Gasteiger partial charge in [-0.1, -0.05) is 0 Å². The maximum absolute atomic E-state index is 13.6. The van der Waals surface area contributed by atoms with Crippen LogP contribution in [0.3, 0.4) is 0 Å². The molecule has 1 unspecified atom stereocenters. The predicted molar refractivity (Wildman–Crippen MR) is 72.6 cm³/mol. The highest BCUT2D eigenvalue weighted by atomic mass is 79.9. The van der Waals surface area contributed by atoms with Crippen molar-refractivity contribution in [3.8, 4) is 5.75 Å². The normalized spacial score (nSPS) is 24.0. The van der Waals surface area contributed by atoms with E-state index in [4.69, 9.17) is 4.74 Å². The number of benzene rings is 1. The van der Waals surface area contributed by atoms with Gasteiger partial charge in [-0.25, -0.2) is 4.39 Å². The zero-order valence-corrected chi connectivity index (χ0v) is 11.8. The van der Waals surface area contributed by atoms with Gasteiger partial charge in [0.2, 0.25) is 0 Å². The lowest BCUT2D eigenvalue weighted by molar-refractivity contribution is 0.292. The molecule has 0 amide bonds. The van der Waals surface area contributed by atoms with Gasteiger partial charge in [0.05, 0.1) is 10.6 Å². The maximum atomic E-state index is 13.6. The first-order valence-electron chi connectivity index (χ1n) is 6.60. The Morgan fingerprint density at radius 2 is 2.11 bits per heavy atom. The van der Waals surface area contributed by atoms with E-state index in [0.29, 0.717) is 12.0 Å². The summed E-state index contributed by atoms with van der Waals surface area (Å²) < 4.78 is 20.3. The molecule has 2 nitrogen and oxygen atoms in total. The van der Waals surface area contributed by atoms with E-state index >= 15 is 0 Å². The molecule has 0 aromatic heterocycles.